The van der Waals surface area contributed by atoms with Crippen LogP contribution in [0.4, 0.5) is 11.4 Å². The molecule has 2 rings (SSSR count). The van der Waals surface area contributed by atoms with Crippen LogP contribution in [0.25, 0.3) is 0 Å². The molecule has 0 aliphatic heterocycles. The zero-order chi connectivity index (χ0) is 20.8. The quantitative estimate of drug-likeness (QED) is 0.501. The minimum absolute atomic E-state index is 0.215. The second kappa shape index (κ2) is 9.52. The molecular weight excluding hydrogens is 405 g/mol. The molecule has 2 aromatic carbocycles. The Balaban J connectivity index is 2.29. The largest absolute Gasteiger partial charge is 0.493 e. The molecule has 2 aromatic rings. The van der Waals surface area contributed by atoms with Crippen molar-refractivity contribution in [2.45, 2.75) is 19.9 Å². The third-order valence-corrected chi connectivity index (χ3v) is 4.44. The lowest BCUT2D eigenvalue weighted by molar-refractivity contribution is -0.126. The highest BCUT2D eigenvalue weighted by atomic mass is 35.5. The predicted molar refractivity (Wildman–Crippen MR) is 108 cm³/mol. The van der Waals surface area contributed by atoms with Crippen molar-refractivity contribution in [2.24, 2.45) is 10.2 Å². The number of azo groups is 1. The molecule has 0 aliphatic rings. The third-order valence-electron chi connectivity index (χ3n) is 3.83. The zero-order valence-electron chi connectivity index (χ0n) is 15.7. The normalized spacial score (nSPS) is 11.9. The van der Waals surface area contributed by atoms with Gasteiger partial charge in [0.05, 0.1) is 30.0 Å². The summed E-state index contributed by atoms with van der Waals surface area (Å²) in [5.74, 6) is -0.393. The van der Waals surface area contributed by atoms with E-state index in [0.29, 0.717) is 22.2 Å². The number of nitrogens with one attached hydrogen (secondary N) is 1. The number of methoxy groups -OCH3 is 2. The number of carbonyl (C=O) groups is 2. The average Bonchev–Trinajstić information content (AvgIpc) is 2.65. The van der Waals surface area contributed by atoms with E-state index in [0.717, 1.165) is 5.56 Å². The maximum absolute atomic E-state index is 12.6. The van der Waals surface area contributed by atoms with Crippen LogP contribution in [0.5, 0.6) is 11.5 Å². The molecule has 7 nitrogen and oxygen atoms in total. The third kappa shape index (κ3) is 4.99. The Morgan fingerprint density at radius 2 is 1.71 bits per heavy atom. The first-order valence-corrected chi connectivity index (χ1v) is 8.92. The lowest BCUT2D eigenvalue weighted by atomic mass is 10.2. The minimum Gasteiger partial charge on any atom is -0.493 e. The van der Waals surface area contributed by atoms with Crippen molar-refractivity contribution < 1.29 is 19.1 Å². The van der Waals surface area contributed by atoms with E-state index in [9.17, 15) is 9.59 Å². The van der Waals surface area contributed by atoms with Gasteiger partial charge in [-0.25, -0.2) is 0 Å². The molecule has 0 saturated carbocycles. The molecule has 0 bridgehead atoms. The van der Waals surface area contributed by atoms with Gasteiger partial charge in [0.2, 0.25) is 6.04 Å². The first kappa shape index (κ1) is 21.7. The van der Waals surface area contributed by atoms with Gasteiger partial charge in [-0.3, -0.25) is 9.59 Å². The highest BCUT2D eigenvalue weighted by Gasteiger charge is 2.25. The van der Waals surface area contributed by atoms with Crippen LogP contribution in [0.2, 0.25) is 10.0 Å². The second-order valence-corrected chi connectivity index (χ2v) is 6.62. The van der Waals surface area contributed by atoms with E-state index >= 15 is 0 Å². The fraction of sp³-hybridized carbons (Fsp3) is 0.263. The van der Waals surface area contributed by atoms with Gasteiger partial charge in [-0.15, -0.1) is 0 Å². The number of aryl methyl sites for hydroxylation is 1. The summed E-state index contributed by atoms with van der Waals surface area (Å²) in [6.45, 7) is 3.05. The molecule has 1 N–H and O–H groups in total. The number of Topliss-reactive ketones (excluding diaryl/α,β-unsaturated/α-hetero) is 1. The maximum atomic E-state index is 12.6. The number of hydrogen-bond donors (Lipinski definition) is 1. The Hall–Kier alpha value is -2.64. The van der Waals surface area contributed by atoms with Gasteiger partial charge >= 0.3 is 0 Å². The molecule has 28 heavy (non-hydrogen) atoms. The Morgan fingerprint density at radius 1 is 1.07 bits per heavy atom. The molecule has 1 unspecified atom stereocenters. The lowest BCUT2D eigenvalue weighted by Gasteiger charge is -2.14. The van der Waals surface area contributed by atoms with Crippen molar-refractivity contribution in [1.82, 2.24) is 0 Å². The van der Waals surface area contributed by atoms with Crippen LogP contribution in [0.3, 0.4) is 0 Å². The second-order valence-electron chi connectivity index (χ2n) is 5.81. The van der Waals surface area contributed by atoms with Crippen LogP contribution in [0.15, 0.2) is 40.6 Å². The summed E-state index contributed by atoms with van der Waals surface area (Å²) >= 11 is 12.3. The van der Waals surface area contributed by atoms with Gasteiger partial charge in [-0.1, -0.05) is 35.3 Å². The minimum atomic E-state index is -1.36. The Morgan fingerprint density at radius 3 is 2.29 bits per heavy atom. The summed E-state index contributed by atoms with van der Waals surface area (Å²) in [5.41, 5.74) is 1.41. The molecule has 0 fully saturated rings. The first-order valence-electron chi connectivity index (χ1n) is 8.17. The number of ether oxygens (including phenoxy) is 2. The number of nitrogens with zero attached hydrogens (tertiary/aromatic N) is 2. The number of hydrogen-bond acceptors (Lipinski definition) is 6. The number of carbonyl (C=O) groups excluding carboxylic acids is 2. The van der Waals surface area contributed by atoms with Crippen molar-refractivity contribution in [1.29, 1.82) is 0 Å². The summed E-state index contributed by atoms with van der Waals surface area (Å²) in [6.07, 6.45) is 0. The first-order chi connectivity index (χ1) is 13.3. The van der Waals surface area contributed by atoms with E-state index in [1.807, 2.05) is 0 Å². The van der Waals surface area contributed by atoms with Gasteiger partial charge in [0.25, 0.3) is 5.91 Å². The monoisotopic (exact) mass is 423 g/mol. The van der Waals surface area contributed by atoms with E-state index in [1.54, 1.807) is 25.1 Å². The molecule has 1 amide bonds. The molecule has 148 valence electrons. The fourth-order valence-electron chi connectivity index (χ4n) is 2.33. The van der Waals surface area contributed by atoms with Gasteiger partial charge in [0.15, 0.2) is 17.3 Å². The number of halogens is 2. The van der Waals surface area contributed by atoms with Gasteiger partial charge < -0.3 is 14.8 Å². The number of amides is 1. The SMILES string of the molecule is COc1cc(Cl)c(NC(=O)C(N=Nc2c(C)cccc2Cl)C(C)=O)cc1OC. The van der Waals surface area contributed by atoms with Gasteiger partial charge in [0, 0.05) is 12.1 Å². The van der Waals surface area contributed by atoms with E-state index in [4.69, 9.17) is 32.7 Å². The van der Waals surface area contributed by atoms with Gasteiger partial charge in [-0.2, -0.15) is 10.2 Å². The molecular formula is C19H19Cl2N3O4. The maximum Gasteiger partial charge on any atom is 0.258 e. The summed E-state index contributed by atoms with van der Waals surface area (Å²) < 4.78 is 10.3. The number of ketones is 1. The van der Waals surface area contributed by atoms with Crippen LogP contribution >= 0.6 is 23.2 Å². The molecule has 0 spiro atoms. The topological polar surface area (TPSA) is 89.4 Å². The Labute approximate surface area is 172 Å². The fourth-order valence-corrected chi connectivity index (χ4v) is 2.80. The van der Waals surface area contributed by atoms with E-state index in [-0.39, 0.29) is 10.7 Å². The molecule has 0 aliphatic carbocycles. The summed E-state index contributed by atoms with van der Waals surface area (Å²) in [4.78, 5) is 24.6. The van der Waals surface area contributed by atoms with Crippen molar-refractivity contribution in [3.8, 4) is 11.5 Å². The molecule has 1 atom stereocenters. The number of anilines is 1. The number of rotatable bonds is 7. The molecule has 9 heteroatoms. The number of benzene rings is 2. The smallest absolute Gasteiger partial charge is 0.258 e. The molecule has 0 aromatic heterocycles. The lowest BCUT2D eigenvalue weighted by Crippen LogP contribution is -2.32. The Bertz CT molecular complexity index is 911. The van der Waals surface area contributed by atoms with Crippen molar-refractivity contribution in [3.05, 3.63) is 45.9 Å². The van der Waals surface area contributed by atoms with Crippen LogP contribution in [-0.2, 0) is 9.59 Å². The van der Waals surface area contributed by atoms with Crippen molar-refractivity contribution in [3.63, 3.8) is 0 Å². The van der Waals surface area contributed by atoms with E-state index < -0.39 is 17.7 Å². The summed E-state index contributed by atoms with van der Waals surface area (Å²) in [6, 6.07) is 6.84. The van der Waals surface area contributed by atoms with Crippen LogP contribution in [0.1, 0.15) is 12.5 Å². The molecule has 0 saturated heterocycles. The average molecular weight is 424 g/mol. The highest BCUT2D eigenvalue weighted by Crippen LogP contribution is 2.36. The van der Waals surface area contributed by atoms with Crippen molar-refractivity contribution in [2.75, 3.05) is 19.5 Å². The Kier molecular flexibility index (Phi) is 7.37. The van der Waals surface area contributed by atoms with Gasteiger partial charge in [-0.05, 0) is 25.5 Å². The summed E-state index contributed by atoms with van der Waals surface area (Å²) in [7, 11) is 2.92. The van der Waals surface area contributed by atoms with Crippen LogP contribution in [0, 0.1) is 6.92 Å². The van der Waals surface area contributed by atoms with Crippen LogP contribution < -0.4 is 14.8 Å². The summed E-state index contributed by atoms with van der Waals surface area (Å²) in [5, 5.41) is 11.1. The molecule has 0 radical (unpaired) electrons. The van der Waals surface area contributed by atoms with E-state index in [1.165, 1.54) is 33.3 Å². The van der Waals surface area contributed by atoms with Crippen molar-refractivity contribution >= 4 is 46.3 Å². The van der Waals surface area contributed by atoms with Crippen LogP contribution in [-0.4, -0.2) is 32.0 Å². The zero-order valence-corrected chi connectivity index (χ0v) is 17.3. The standard InChI is InChI=1S/C19H19Cl2N3O4/c1-10-6-5-7-12(20)17(10)23-24-18(11(2)25)19(26)22-14-9-16(28-4)15(27-3)8-13(14)21/h5-9,18H,1-4H3,(H,22,26). The molecule has 0 heterocycles. The predicted octanol–water partition coefficient (Wildman–Crippen LogP) is 5.00. The van der Waals surface area contributed by atoms with E-state index in [2.05, 4.69) is 15.5 Å². The van der Waals surface area contributed by atoms with Gasteiger partial charge in [0.1, 0.15) is 5.69 Å². The highest BCUT2D eigenvalue weighted by molar-refractivity contribution is 6.34.